The topological polar surface area (TPSA) is 46.6 Å². The van der Waals surface area contributed by atoms with Gasteiger partial charge in [0.15, 0.2) is 0 Å². The van der Waals surface area contributed by atoms with Gasteiger partial charge in [0.2, 0.25) is 0 Å². The van der Waals surface area contributed by atoms with Gasteiger partial charge in [-0.3, -0.25) is 9.69 Å². The number of hydrogen-bond donors (Lipinski definition) is 0. The van der Waals surface area contributed by atoms with Gasteiger partial charge in [0.1, 0.15) is 6.29 Å². The maximum Gasteiger partial charge on any atom is 0.309 e. The quantitative estimate of drug-likeness (QED) is 0.535. The zero-order chi connectivity index (χ0) is 12.2. The summed E-state index contributed by atoms with van der Waals surface area (Å²) in [5.74, 6) is -0.0790. The number of likely N-dealkylation sites (tertiary alicyclic amines) is 1. The lowest BCUT2D eigenvalue weighted by Gasteiger charge is -2.39. The van der Waals surface area contributed by atoms with E-state index in [1.165, 1.54) is 0 Å². The van der Waals surface area contributed by atoms with Gasteiger partial charge in [0.05, 0.1) is 18.1 Å². The van der Waals surface area contributed by atoms with Crippen LogP contribution >= 0.6 is 0 Å². The Balaban J connectivity index is 2.45. The Labute approximate surface area is 96.9 Å². The zero-order valence-corrected chi connectivity index (χ0v) is 10.4. The monoisotopic (exact) mass is 227 g/mol. The number of carbonyl (C=O) groups is 2. The summed E-state index contributed by atoms with van der Waals surface area (Å²) in [6.45, 7) is 7.65. The number of carbonyl (C=O) groups excluding carboxylic acids is 2. The Morgan fingerprint density at radius 2 is 2.00 bits per heavy atom. The van der Waals surface area contributed by atoms with Crippen molar-refractivity contribution in [3.05, 3.63) is 0 Å². The molecule has 0 unspecified atom stereocenters. The van der Waals surface area contributed by atoms with Crippen molar-refractivity contribution in [1.29, 1.82) is 0 Å². The van der Waals surface area contributed by atoms with Crippen molar-refractivity contribution in [2.75, 3.05) is 19.7 Å². The van der Waals surface area contributed by atoms with E-state index in [0.29, 0.717) is 6.61 Å². The number of rotatable bonds is 4. The highest BCUT2D eigenvalue weighted by molar-refractivity contribution is 5.72. The third-order valence-electron chi connectivity index (χ3n) is 3.22. The number of nitrogens with zero attached hydrogens (tertiary/aromatic N) is 1. The summed E-state index contributed by atoms with van der Waals surface area (Å²) in [4.78, 5) is 24.5. The van der Waals surface area contributed by atoms with E-state index in [-0.39, 0.29) is 11.9 Å². The molecule has 1 aliphatic rings. The first-order valence-electron chi connectivity index (χ1n) is 5.89. The molecule has 92 valence electrons. The number of ether oxygens (including phenoxy) is 1. The van der Waals surface area contributed by atoms with Crippen LogP contribution in [0.3, 0.4) is 0 Å². The highest BCUT2D eigenvalue weighted by Crippen LogP contribution is 2.23. The Morgan fingerprint density at radius 3 is 2.44 bits per heavy atom. The van der Waals surface area contributed by atoms with Crippen LogP contribution in [0, 0.1) is 5.92 Å². The third-order valence-corrected chi connectivity index (χ3v) is 3.22. The SMILES string of the molecule is CCOC(=O)C1CCN(C(C)(C)C=O)CC1. The first kappa shape index (κ1) is 13.2. The molecule has 0 saturated carbocycles. The molecule has 0 bridgehead atoms. The molecule has 0 atom stereocenters. The van der Waals surface area contributed by atoms with E-state index >= 15 is 0 Å². The van der Waals surface area contributed by atoms with Crippen molar-refractivity contribution in [2.24, 2.45) is 5.92 Å². The van der Waals surface area contributed by atoms with Crippen LogP contribution < -0.4 is 0 Å². The van der Waals surface area contributed by atoms with Crippen molar-refractivity contribution >= 4 is 12.3 Å². The molecule has 0 N–H and O–H groups in total. The van der Waals surface area contributed by atoms with Crippen LogP contribution in [-0.2, 0) is 14.3 Å². The predicted octanol–water partition coefficient (Wildman–Crippen LogP) is 1.24. The second-order valence-electron chi connectivity index (χ2n) is 4.78. The number of aldehydes is 1. The minimum atomic E-state index is -0.417. The summed E-state index contributed by atoms with van der Waals surface area (Å²) >= 11 is 0. The molecular formula is C12H21NO3. The van der Waals surface area contributed by atoms with Gasteiger partial charge in [-0.25, -0.2) is 0 Å². The molecule has 4 nitrogen and oxygen atoms in total. The van der Waals surface area contributed by atoms with Gasteiger partial charge in [0, 0.05) is 0 Å². The highest BCUT2D eigenvalue weighted by Gasteiger charge is 2.32. The van der Waals surface area contributed by atoms with Crippen LogP contribution in [0.4, 0.5) is 0 Å². The maximum atomic E-state index is 11.5. The average molecular weight is 227 g/mol. The molecule has 0 aromatic carbocycles. The van der Waals surface area contributed by atoms with Crippen LogP contribution in [0.1, 0.15) is 33.6 Å². The number of piperidine rings is 1. The molecule has 1 saturated heterocycles. The minimum Gasteiger partial charge on any atom is -0.466 e. The molecule has 0 aromatic rings. The number of esters is 1. The van der Waals surface area contributed by atoms with E-state index < -0.39 is 5.54 Å². The Bertz CT molecular complexity index is 255. The fraction of sp³-hybridized carbons (Fsp3) is 0.833. The normalized spacial score (nSPS) is 19.4. The van der Waals surface area contributed by atoms with E-state index in [1.54, 1.807) is 0 Å². The molecule has 0 radical (unpaired) electrons. The van der Waals surface area contributed by atoms with Gasteiger partial charge in [-0.15, -0.1) is 0 Å². The van der Waals surface area contributed by atoms with Crippen molar-refractivity contribution < 1.29 is 14.3 Å². The molecule has 0 spiro atoms. The second-order valence-corrected chi connectivity index (χ2v) is 4.78. The van der Waals surface area contributed by atoms with Gasteiger partial charge >= 0.3 is 5.97 Å². The van der Waals surface area contributed by atoms with Gasteiger partial charge in [0.25, 0.3) is 0 Å². The van der Waals surface area contributed by atoms with Crippen LogP contribution in [-0.4, -0.2) is 42.4 Å². The first-order valence-corrected chi connectivity index (χ1v) is 5.89. The summed E-state index contributed by atoms with van der Waals surface area (Å²) in [5, 5.41) is 0. The van der Waals surface area contributed by atoms with Crippen molar-refractivity contribution in [3.8, 4) is 0 Å². The Hall–Kier alpha value is -0.900. The third kappa shape index (κ3) is 3.04. The van der Waals surface area contributed by atoms with E-state index in [4.69, 9.17) is 4.74 Å². The molecule has 0 aromatic heterocycles. The van der Waals surface area contributed by atoms with E-state index in [9.17, 15) is 9.59 Å². The van der Waals surface area contributed by atoms with E-state index in [2.05, 4.69) is 4.90 Å². The van der Waals surface area contributed by atoms with Crippen molar-refractivity contribution in [3.63, 3.8) is 0 Å². The highest BCUT2D eigenvalue weighted by atomic mass is 16.5. The number of hydrogen-bond acceptors (Lipinski definition) is 4. The predicted molar refractivity (Wildman–Crippen MR) is 61.1 cm³/mol. The Kier molecular flexibility index (Phi) is 4.47. The first-order chi connectivity index (χ1) is 7.51. The Morgan fingerprint density at radius 1 is 1.44 bits per heavy atom. The molecular weight excluding hydrogens is 206 g/mol. The summed E-state index contributed by atoms with van der Waals surface area (Å²) in [7, 11) is 0. The summed E-state index contributed by atoms with van der Waals surface area (Å²) in [6.07, 6.45) is 2.55. The van der Waals surface area contributed by atoms with Crippen molar-refractivity contribution in [2.45, 2.75) is 39.2 Å². The summed E-state index contributed by atoms with van der Waals surface area (Å²) in [5.41, 5.74) is -0.417. The lowest BCUT2D eigenvalue weighted by atomic mass is 9.93. The molecule has 1 rings (SSSR count). The van der Waals surface area contributed by atoms with Gasteiger partial charge in [-0.2, -0.15) is 0 Å². The lowest BCUT2D eigenvalue weighted by Crippen LogP contribution is -2.50. The standard InChI is InChI=1S/C12H21NO3/c1-4-16-11(15)10-5-7-13(8-6-10)12(2,3)9-14/h9-10H,4-8H2,1-3H3. The lowest BCUT2D eigenvalue weighted by molar-refractivity contribution is -0.150. The van der Waals surface area contributed by atoms with Crippen LogP contribution in [0.15, 0.2) is 0 Å². The largest absolute Gasteiger partial charge is 0.466 e. The molecule has 16 heavy (non-hydrogen) atoms. The van der Waals surface area contributed by atoms with E-state index in [1.807, 2.05) is 20.8 Å². The smallest absolute Gasteiger partial charge is 0.309 e. The molecule has 1 fully saturated rings. The molecule has 0 amide bonds. The molecule has 1 heterocycles. The van der Waals surface area contributed by atoms with Crippen LogP contribution in [0.25, 0.3) is 0 Å². The van der Waals surface area contributed by atoms with Gasteiger partial charge < -0.3 is 9.53 Å². The van der Waals surface area contributed by atoms with E-state index in [0.717, 1.165) is 32.2 Å². The molecule has 0 aliphatic carbocycles. The van der Waals surface area contributed by atoms with Crippen molar-refractivity contribution in [1.82, 2.24) is 4.90 Å². The fourth-order valence-electron chi connectivity index (χ4n) is 2.03. The molecule has 4 heteroatoms. The zero-order valence-electron chi connectivity index (χ0n) is 10.4. The summed E-state index contributed by atoms with van der Waals surface area (Å²) in [6, 6.07) is 0. The van der Waals surface area contributed by atoms with Crippen LogP contribution in [0.2, 0.25) is 0 Å². The second kappa shape index (κ2) is 5.43. The fourth-order valence-corrected chi connectivity index (χ4v) is 2.03. The minimum absolute atomic E-state index is 0.0126. The maximum absolute atomic E-state index is 11.5. The van der Waals surface area contributed by atoms with Crippen LogP contribution in [0.5, 0.6) is 0 Å². The van der Waals surface area contributed by atoms with Gasteiger partial charge in [-0.1, -0.05) is 0 Å². The average Bonchev–Trinajstić information content (AvgIpc) is 2.29. The summed E-state index contributed by atoms with van der Waals surface area (Å²) < 4.78 is 5.00. The molecule has 1 aliphatic heterocycles. The van der Waals surface area contributed by atoms with Gasteiger partial charge in [-0.05, 0) is 46.7 Å².